The van der Waals surface area contributed by atoms with Gasteiger partial charge in [0.1, 0.15) is 0 Å². The number of rotatable bonds is 1. The zero-order valence-electron chi connectivity index (χ0n) is 9.59. The summed E-state index contributed by atoms with van der Waals surface area (Å²) in [6.07, 6.45) is 0.523. The van der Waals surface area contributed by atoms with Gasteiger partial charge < -0.3 is 0 Å². The van der Waals surface area contributed by atoms with Gasteiger partial charge in [-0.25, -0.2) is 4.68 Å². The Bertz CT molecular complexity index is 345. The van der Waals surface area contributed by atoms with E-state index in [1.807, 2.05) is 19.9 Å². The Morgan fingerprint density at radius 1 is 1.43 bits per heavy atom. The van der Waals surface area contributed by atoms with Crippen LogP contribution in [0, 0.1) is 19.3 Å². The van der Waals surface area contributed by atoms with Crippen LogP contribution in [0.15, 0.2) is 6.07 Å². The van der Waals surface area contributed by atoms with Crippen molar-refractivity contribution >= 4 is 5.91 Å². The summed E-state index contributed by atoms with van der Waals surface area (Å²) in [5.41, 5.74) is 1.82. The van der Waals surface area contributed by atoms with Crippen LogP contribution in [-0.4, -0.2) is 15.7 Å². The van der Waals surface area contributed by atoms with E-state index in [-0.39, 0.29) is 11.3 Å². The molecule has 1 rings (SSSR count). The highest BCUT2D eigenvalue weighted by atomic mass is 16.2. The summed E-state index contributed by atoms with van der Waals surface area (Å²) in [6.45, 7) is 9.96. The van der Waals surface area contributed by atoms with Gasteiger partial charge in [-0.15, -0.1) is 0 Å². The Labute approximate surface area is 85.1 Å². The molecule has 0 radical (unpaired) electrons. The molecule has 0 unspecified atom stereocenters. The first-order valence-corrected chi connectivity index (χ1v) is 4.86. The number of nitrogens with zero attached hydrogens (tertiary/aromatic N) is 2. The van der Waals surface area contributed by atoms with Gasteiger partial charge in [-0.3, -0.25) is 4.79 Å². The minimum atomic E-state index is 0.0172. The molecule has 0 aliphatic heterocycles. The summed E-state index contributed by atoms with van der Waals surface area (Å²) in [4.78, 5) is 11.8. The zero-order valence-corrected chi connectivity index (χ0v) is 9.59. The molecule has 3 nitrogen and oxygen atoms in total. The molecule has 1 aromatic heterocycles. The third kappa shape index (κ3) is 2.69. The molecule has 0 bridgehead atoms. The second-order valence-corrected chi connectivity index (χ2v) is 4.97. The lowest BCUT2D eigenvalue weighted by Crippen LogP contribution is -2.20. The Balaban J connectivity index is 2.85. The fourth-order valence-corrected chi connectivity index (χ4v) is 1.41. The summed E-state index contributed by atoms with van der Waals surface area (Å²) < 4.78 is 1.50. The van der Waals surface area contributed by atoms with E-state index < -0.39 is 0 Å². The van der Waals surface area contributed by atoms with Gasteiger partial charge in [0.15, 0.2) is 0 Å². The number of carbonyl (C=O) groups excluding carboxylic acids is 1. The van der Waals surface area contributed by atoms with E-state index >= 15 is 0 Å². The van der Waals surface area contributed by atoms with E-state index in [9.17, 15) is 4.79 Å². The van der Waals surface area contributed by atoms with Gasteiger partial charge in [-0.1, -0.05) is 20.8 Å². The molecule has 14 heavy (non-hydrogen) atoms. The Morgan fingerprint density at radius 2 is 2.00 bits per heavy atom. The number of aryl methyl sites for hydroxylation is 2. The van der Waals surface area contributed by atoms with Crippen LogP contribution < -0.4 is 0 Å². The first kappa shape index (κ1) is 11.0. The van der Waals surface area contributed by atoms with Gasteiger partial charge in [0.05, 0.1) is 5.69 Å². The molecule has 0 aliphatic carbocycles. The molecule has 0 saturated carbocycles. The highest BCUT2D eigenvalue weighted by molar-refractivity contribution is 5.79. The van der Waals surface area contributed by atoms with Gasteiger partial charge in [-0.2, -0.15) is 5.10 Å². The van der Waals surface area contributed by atoms with E-state index in [0.29, 0.717) is 6.42 Å². The fraction of sp³-hybridized carbons (Fsp3) is 0.636. The number of carbonyl (C=O) groups is 1. The van der Waals surface area contributed by atoms with Crippen molar-refractivity contribution in [1.82, 2.24) is 9.78 Å². The number of hydrogen-bond donors (Lipinski definition) is 0. The smallest absolute Gasteiger partial charge is 0.247 e. The first-order chi connectivity index (χ1) is 6.29. The summed E-state index contributed by atoms with van der Waals surface area (Å²) >= 11 is 0. The monoisotopic (exact) mass is 194 g/mol. The molecule has 1 aromatic rings. The van der Waals surface area contributed by atoms with Crippen LogP contribution in [-0.2, 0) is 0 Å². The van der Waals surface area contributed by atoms with Crippen molar-refractivity contribution in [2.24, 2.45) is 5.41 Å². The highest BCUT2D eigenvalue weighted by Crippen LogP contribution is 2.19. The topological polar surface area (TPSA) is 34.9 Å². The molecule has 1 heterocycles. The van der Waals surface area contributed by atoms with E-state index in [2.05, 4.69) is 25.9 Å². The molecule has 0 saturated heterocycles. The van der Waals surface area contributed by atoms with Crippen molar-refractivity contribution in [3.63, 3.8) is 0 Å². The highest BCUT2D eigenvalue weighted by Gasteiger charge is 2.18. The molecule has 0 atom stereocenters. The second-order valence-electron chi connectivity index (χ2n) is 4.97. The predicted octanol–water partition coefficient (Wildman–Crippen LogP) is 2.58. The van der Waals surface area contributed by atoms with Gasteiger partial charge in [0, 0.05) is 12.1 Å². The average Bonchev–Trinajstić information content (AvgIpc) is 2.26. The second kappa shape index (κ2) is 3.56. The molecular weight excluding hydrogens is 176 g/mol. The number of hydrogen-bond acceptors (Lipinski definition) is 2. The van der Waals surface area contributed by atoms with Crippen LogP contribution in [0.5, 0.6) is 0 Å². The summed E-state index contributed by atoms with van der Waals surface area (Å²) in [7, 11) is 0. The summed E-state index contributed by atoms with van der Waals surface area (Å²) in [5, 5.41) is 4.16. The summed E-state index contributed by atoms with van der Waals surface area (Å²) in [5.74, 6) is 0.0723. The van der Waals surface area contributed by atoms with Crippen LogP contribution in [0.25, 0.3) is 0 Å². The maximum absolute atomic E-state index is 11.8. The van der Waals surface area contributed by atoms with Gasteiger partial charge in [-0.05, 0) is 25.3 Å². The van der Waals surface area contributed by atoms with Crippen molar-refractivity contribution in [2.45, 2.75) is 41.0 Å². The van der Waals surface area contributed by atoms with Crippen molar-refractivity contribution < 1.29 is 4.79 Å². The fourth-order valence-electron chi connectivity index (χ4n) is 1.41. The Kier molecular flexibility index (Phi) is 2.79. The maximum Gasteiger partial charge on any atom is 0.247 e. The third-order valence-corrected chi connectivity index (χ3v) is 1.93. The molecule has 0 aliphatic rings. The standard InChI is InChI=1S/C11H18N2O/c1-8-6-9(2)13(12-8)10(14)7-11(3,4)5/h6H,7H2,1-5H3. The Hall–Kier alpha value is -1.12. The average molecular weight is 194 g/mol. The van der Waals surface area contributed by atoms with Gasteiger partial charge in [0.25, 0.3) is 0 Å². The van der Waals surface area contributed by atoms with E-state index in [0.717, 1.165) is 11.4 Å². The van der Waals surface area contributed by atoms with Crippen molar-refractivity contribution in [3.05, 3.63) is 17.5 Å². The van der Waals surface area contributed by atoms with Crippen molar-refractivity contribution in [2.75, 3.05) is 0 Å². The molecule has 0 N–H and O–H groups in total. The number of aromatic nitrogens is 2. The van der Waals surface area contributed by atoms with E-state index in [4.69, 9.17) is 0 Å². The zero-order chi connectivity index (χ0) is 10.9. The van der Waals surface area contributed by atoms with Crippen LogP contribution in [0.3, 0.4) is 0 Å². The maximum atomic E-state index is 11.8. The van der Waals surface area contributed by atoms with Crippen LogP contribution in [0.4, 0.5) is 0 Å². The van der Waals surface area contributed by atoms with Crippen LogP contribution in [0.1, 0.15) is 43.4 Å². The van der Waals surface area contributed by atoms with E-state index in [1.165, 1.54) is 4.68 Å². The lowest BCUT2D eigenvalue weighted by molar-refractivity contribution is 0.0837. The Morgan fingerprint density at radius 3 is 2.36 bits per heavy atom. The quantitative estimate of drug-likeness (QED) is 0.688. The van der Waals surface area contributed by atoms with Crippen molar-refractivity contribution in [1.29, 1.82) is 0 Å². The van der Waals surface area contributed by atoms with E-state index in [1.54, 1.807) is 0 Å². The lowest BCUT2D eigenvalue weighted by Gasteiger charge is -2.16. The first-order valence-electron chi connectivity index (χ1n) is 4.86. The molecule has 0 spiro atoms. The largest absolute Gasteiger partial charge is 0.273 e. The van der Waals surface area contributed by atoms with Crippen molar-refractivity contribution in [3.8, 4) is 0 Å². The predicted molar refractivity (Wildman–Crippen MR) is 56.4 cm³/mol. The minimum absolute atomic E-state index is 0.0172. The molecule has 0 aromatic carbocycles. The summed E-state index contributed by atoms with van der Waals surface area (Å²) in [6, 6.07) is 1.92. The third-order valence-electron chi connectivity index (χ3n) is 1.93. The van der Waals surface area contributed by atoms with Gasteiger partial charge >= 0.3 is 0 Å². The molecule has 0 fully saturated rings. The minimum Gasteiger partial charge on any atom is -0.273 e. The normalized spacial score (nSPS) is 11.8. The molecule has 78 valence electrons. The lowest BCUT2D eigenvalue weighted by atomic mass is 9.92. The molecule has 3 heteroatoms. The molecule has 0 amide bonds. The molecular formula is C11H18N2O. The van der Waals surface area contributed by atoms with Crippen LogP contribution >= 0.6 is 0 Å². The SMILES string of the molecule is Cc1cc(C)n(C(=O)CC(C)(C)C)n1. The van der Waals surface area contributed by atoms with Crippen LogP contribution in [0.2, 0.25) is 0 Å². The van der Waals surface area contributed by atoms with Gasteiger partial charge in [0.2, 0.25) is 5.91 Å².